The third-order valence-corrected chi connectivity index (χ3v) is 6.63. The van der Waals surface area contributed by atoms with Crippen LogP contribution in [-0.4, -0.2) is 42.9 Å². The molecule has 0 spiro atoms. The van der Waals surface area contributed by atoms with E-state index in [1.165, 1.54) is 16.9 Å². The number of nitrogens with one attached hydrogen (secondary N) is 2. The number of aryl methyl sites for hydroxylation is 2. The van der Waals surface area contributed by atoms with E-state index in [4.69, 9.17) is 0 Å². The third kappa shape index (κ3) is 4.07. The molecule has 0 radical (unpaired) electrons. The summed E-state index contributed by atoms with van der Waals surface area (Å²) in [6.07, 6.45) is 4.16. The molecule has 1 aromatic heterocycles. The van der Waals surface area contributed by atoms with Crippen LogP contribution in [-0.2, 0) is 6.42 Å². The monoisotopic (exact) mass is 397 g/mol. The minimum absolute atomic E-state index is 0.0112. The standard InChI is InChI=1S/C22H27N3O2S/c1-15-9-10-19(28-15)21(26)24-13-16-5-4-12-25(14-16)22(27)18-8-2-6-17-7-3-11-23-20(17)18/h2,6,8-10,16,23H,3-5,7,11-14H2,1H3,(H,24,26). The van der Waals surface area contributed by atoms with Gasteiger partial charge in [-0.15, -0.1) is 11.3 Å². The number of fused-ring (bicyclic) bond motifs is 1. The molecule has 2 aliphatic rings. The van der Waals surface area contributed by atoms with Crippen molar-refractivity contribution in [2.24, 2.45) is 5.92 Å². The van der Waals surface area contributed by atoms with Crippen LogP contribution in [0.25, 0.3) is 0 Å². The first-order chi connectivity index (χ1) is 13.6. The van der Waals surface area contributed by atoms with Gasteiger partial charge in [-0.2, -0.15) is 0 Å². The highest BCUT2D eigenvalue weighted by Gasteiger charge is 2.27. The largest absolute Gasteiger partial charge is 0.384 e. The fourth-order valence-electron chi connectivity index (χ4n) is 4.15. The molecule has 5 nitrogen and oxygen atoms in total. The van der Waals surface area contributed by atoms with E-state index in [2.05, 4.69) is 16.7 Å². The van der Waals surface area contributed by atoms with E-state index in [9.17, 15) is 9.59 Å². The van der Waals surface area contributed by atoms with Gasteiger partial charge in [0.1, 0.15) is 0 Å². The van der Waals surface area contributed by atoms with E-state index in [0.29, 0.717) is 19.0 Å². The smallest absolute Gasteiger partial charge is 0.261 e. The van der Waals surface area contributed by atoms with Crippen LogP contribution in [0, 0.1) is 12.8 Å². The Morgan fingerprint density at radius 3 is 2.96 bits per heavy atom. The molecule has 28 heavy (non-hydrogen) atoms. The Kier molecular flexibility index (Phi) is 5.67. The van der Waals surface area contributed by atoms with Gasteiger partial charge >= 0.3 is 0 Å². The zero-order valence-corrected chi connectivity index (χ0v) is 17.1. The number of anilines is 1. The number of hydrogen-bond donors (Lipinski definition) is 2. The quantitative estimate of drug-likeness (QED) is 0.827. The van der Waals surface area contributed by atoms with E-state index in [-0.39, 0.29) is 11.8 Å². The second kappa shape index (κ2) is 8.35. The Bertz CT molecular complexity index is 876. The van der Waals surface area contributed by atoms with Crippen molar-refractivity contribution in [2.75, 3.05) is 31.5 Å². The lowest BCUT2D eigenvalue weighted by molar-refractivity contribution is 0.0672. The number of rotatable bonds is 4. The van der Waals surface area contributed by atoms with Crippen molar-refractivity contribution in [3.05, 3.63) is 51.2 Å². The first-order valence-corrected chi connectivity index (χ1v) is 10.9. The average molecular weight is 398 g/mol. The maximum Gasteiger partial charge on any atom is 0.261 e. The summed E-state index contributed by atoms with van der Waals surface area (Å²) in [5, 5.41) is 6.47. The Balaban J connectivity index is 1.38. The van der Waals surface area contributed by atoms with Gasteiger partial charge in [0.05, 0.1) is 16.1 Å². The van der Waals surface area contributed by atoms with Crippen LogP contribution in [0.2, 0.25) is 0 Å². The summed E-state index contributed by atoms with van der Waals surface area (Å²) in [6, 6.07) is 9.87. The normalized spacial score (nSPS) is 18.9. The van der Waals surface area contributed by atoms with Crippen LogP contribution in [0.3, 0.4) is 0 Å². The number of likely N-dealkylation sites (tertiary alicyclic amines) is 1. The van der Waals surface area contributed by atoms with E-state index < -0.39 is 0 Å². The van der Waals surface area contributed by atoms with Crippen molar-refractivity contribution in [1.29, 1.82) is 0 Å². The first kappa shape index (κ1) is 19.0. The number of amides is 2. The van der Waals surface area contributed by atoms with E-state index in [1.807, 2.05) is 36.1 Å². The van der Waals surface area contributed by atoms with Gasteiger partial charge in [-0.25, -0.2) is 0 Å². The summed E-state index contributed by atoms with van der Waals surface area (Å²) in [4.78, 5) is 29.3. The molecule has 148 valence electrons. The molecule has 2 aliphatic heterocycles. The fraction of sp³-hybridized carbons (Fsp3) is 0.455. The molecule has 1 saturated heterocycles. The molecular weight excluding hydrogens is 370 g/mol. The van der Waals surface area contributed by atoms with Crippen LogP contribution in [0.5, 0.6) is 0 Å². The number of benzene rings is 1. The van der Waals surface area contributed by atoms with Gasteiger partial charge in [-0.05, 0) is 62.3 Å². The lowest BCUT2D eigenvalue weighted by atomic mass is 9.95. The fourth-order valence-corrected chi connectivity index (χ4v) is 4.94. The van der Waals surface area contributed by atoms with Crippen LogP contribution < -0.4 is 10.6 Å². The lowest BCUT2D eigenvalue weighted by Crippen LogP contribution is -2.44. The van der Waals surface area contributed by atoms with Gasteiger partial charge in [-0.1, -0.05) is 12.1 Å². The van der Waals surface area contributed by atoms with Crippen LogP contribution in [0.15, 0.2) is 30.3 Å². The second-order valence-corrected chi connectivity index (χ2v) is 9.04. The molecule has 2 aromatic rings. The highest BCUT2D eigenvalue weighted by atomic mass is 32.1. The van der Waals surface area contributed by atoms with Gasteiger partial charge in [0, 0.05) is 31.1 Å². The molecule has 0 aliphatic carbocycles. The molecule has 0 bridgehead atoms. The van der Waals surface area contributed by atoms with Gasteiger partial charge in [-0.3, -0.25) is 9.59 Å². The maximum absolute atomic E-state index is 13.2. The van der Waals surface area contributed by atoms with Crippen molar-refractivity contribution in [3.8, 4) is 0 Å². The van der Waals surface area contributed by atoms with E-state index in [1.54, 1.807) is 0 Å². The molecule has 6 heteroatoms. The molecule has 0 saturated carbocycles. The van der Waals surface area contributed by atoms with E-state index >= 15 is 0 Å². The van der Waals surface area contributed by atoms with Gasteiger partial charge in [0.15, 0.2) is 0 Å². The summed E-state index contributed by atoms with van der Waals surface area (Å²) >= 11 is 1.51. The Morgan fingerprint density at radius 2 is 2.14 bits per heavy atom. The molecule has 2 N–H and O–H groups in total. The lowest BCUT2D eigenvalue weighted by Gasteiger charge is -2.34. The van der Waals surface area contributed by atoms with Gasteiger partial charge < -0.3 is 15.5 Å². The van der Waals surface area contributed by atoms with Gasteiger partial charge in [0.25, 0.3) is 11.8 Å². The Morgan fingerprint density at radius 1 is 1.25 bits per heavy atom. The predicted molar refractivity (Wildman–Crippen MR) is 113 cm³/mol. The van der Waals surface area contributed by atoms with Crippen molar-refractivity contribution >= 4 is 28.8 Å². The zero-order chi connectivity index (χ0) is 19.5. The Hall–Kier alpha value is -2.34. The summed E-state index contributed by atoms with van der Waals surface area (Å²) in [6.45, 7) is 5.03. The molecule has 1 atom stereocenters. The number of para-hydroxylation sites is 1. The molecule has 2 amide bonds. The molecular formula is C22H27N3O2S. The zero-order valence-electron chi connectivity index (χ0n) is 16.3. The average Bonchev–Trinajstić information content (AvgIpc) is 3.17. The summed E-state index contributed by atoms with van der Waals surface area (Å²) in [5.41, 5.74) is 3.04. The topological polar surface area (TPSA) is 61.4 Å². The van der Waals surface area contributed by atoms with Crippen molar-refractivity contribution in [1.82, 2.24) is 10.2 Å². The van der Waals surface area contributed by atoms with Crippen LogP contribution in [0.1, 0.15) is 49.7 Å². The highest BCUT2D eigenvalue weighted by molar-refractivity contribution is 7.13. The molecule has 1 fully saturated rings. The molecule has 3 heterocycles. The number of hydrogen-bond acceptors (Lipinski definition) is 4. The minimum Gasteiger partial charge on any atom is -0.384 e. The number of piperidine rings is 1. The molecule has 4 rings (SSSR count). The number of thiophene rings is 1. The number of carbonyl (C=O) groups excluding carboxylic acids is 2. The van der Waals surface area contributed by atoms with Crippen molar-refractivity contribution in [2.45, 2.75) is 32.6 Å². The third-order valence-electron chi connectivity index (χ3n) is 5.63. The second-order valence-electron chi connectivity index (χ2n) is 7.75. The van der Waals surface area contributed by atoms with Crippen molar-refractivity contribution in [3.63, 3.8) is 0 Å². The highest BCUT2D eigenvalue weighted by Crippen LogP contribution is 2.28. The molecule has 1 aromatic carbocycles. The first-order valence-electron chi connectivity index (χ1n) is 10.1. The number of carbonyl (C=O) groups is 2. The maximum atomic E-state index is 13.2. The predicted octanol–water partition coefficient (Wildman–Crippen LogP) is 3.70. The van der Waals surface area contributed by atoms with Crippen molar-refractivity contribution < 1.29 is 9.59 Å². The van der Waals surface area contributed by atoms with E-state index in [0.717, 1.165) is 59.8 Å². The SMILES string of the molecule is Cc1ccc(C(=O)NCC2CCCN(C(=O)c3cccc4c3NCCC4)C2)s1. The Labute approximate surface area is 170 Å². The van der Waals surface area contributed by atoms with Crippen LogP contribution in [0.4, 0.5) is 5.69 Å². The van der Waals surface area contributed by atoms with Gasteiger partial charge in [0.2, 0.25) is 0 Å². The number of nitrogens with zero attached hydrogens (tertiary/aromatic N) is 1. The summed E-state index contributed by atoms with van der Waals surface area (Å²) in [7, 11) is 0. The molecule has 1 unspecified atom stereocenters. The van der Waals surface area contributed by atoms with Crippen LogP contribution >= 0.6 is 11.3 Å². The summed E-state index contributed by atoms with van der Waals surface area (Å²) in [5.74, 6) is 0.397. The summed E-state index contributed by atoms with van der Waals surface area (Å²) < 4.78 is 0. The minimum atomic E-state index is -0.0112.